The molecule has 4 rings (SSSR count). The minimum Gasteiger partial charge on any atom is -0.345 e. The number of benzene rings is 2. The lowest BCUT2D eigenvalue weighted by atomic mass is 10.1. The molecular weight excluding hydrogens is 390 g/mol. The second-order valence-corrected chi connectivity index (χ2v) is 6.51. The SMILES string of the molecule is O=C(Nc1cc(F)cc2c(-c3ncc[nH]3)ccnc12)c1c(Cl)cccc1Cl. The summed E-state index contributed by atoms with van der Waals surface area (Å²) in [5, 5.41) is 3.56. The molecule has 0 aliphatic heterocycles. The lowest BCUT2D eigenvalue weighted by Gasteiger charge is -2.12. The van der Waals surface area contributed by atoms with Crippen LogP contribution in [0.25, 0.3) is 22.3 Å². The van der Waals surface area contributed by atoms with Gasteiger partial charge in [-0.05, 0) is 30.3 Å². The number of carbonyl (C=O) groups excluding carboxylic acids is 1. The van der Waals surface area contributed by atoms with Crippen molar-refractivity contribution in [2.75, 3.05) is 5.32 Å². The van der Waals surface area contributed by atoms with Crippen molar-refractivity contribution in [3.8, 4) is 11.4 Å². The number of aromatic amines is 1. The summed E-state index contributed by atoms with van der Waals surface area (Å²) < 4.78 is 14.3. The number of imidazole rings is 1. The number of amides is 1. The van der Waals surface area contributed by atoms with Gasteiger partial charge in [-0.3, -0.25) is 9.78 Å². The highest BCUT2D eigenvalue weighted by Gasteiger charge is 2.18. The molecule has 0 aliphatic rings. The molecule has 1 amide bonds. The van der Waals surface area contributed by atoms with E-state index in [9.17, 15) is 9.18 Å². The van der Waals surface area contributed by atoms with E-state index in [4.69, 9.17) is 23.2 Å². The predicted octanol–water partition coefficient (Wildman–Crippen LogP) is 5.32. The van der Waals surface area contributed by atoms with E-state index >= 15 is 0 Å². The Labute approximate surface area is 163 Å². The zero-order valence-corrected chi connectivity index (χ0v) is 15.1. The van der Waals surface area contributed by atoms with E-state index in [-0.39, 0.29) is 21.3 Å². The van der Waals surface area contributed by atoms with Crippen molar-refractivity contribution in [2.45, 2.75) is 0 Å². The van der Waals surface area contributed by atoms with Gasteiger partial charge in [-0.25, -0.2) is 9.37 Å². The van der Waals surface area contributed by atoms with Crippen molar-refractivity contribution in [3.63, 3.8) is 0 Å². The number of hydrogen-bond donors (Lipinski definition) is 2. The molecule has 0 atom stereocenters. The first-order chi connectivity index (χ1) is 13.0. The van der Waals surface area contributed by atoms with Gasteiger partial charge in [0.15, 0.2) is 0 Å². The summed E-state index contributed by atoms with van der Waals surface area (Å²) in [5.41, 5.74) is 1.40. The van der Waals surface area contributed by atoms with E-state index in [1.54, 1.807) is 42.9 Å². The van der Waals surface area contributed by atoms with E-state index in [0.717, 1.165) is 0 Å². The Balaban J connectivity index is 1.83. The first-order valence-electron chi connectivity index (χ1n) is 7.88. The molecule has 5 nitrogen and oxygen atoms in total. The van der Waals surface area contributed by atoms with Crippen LogP contribution in [-0.2, 0) is 0 Å². The molecule has 0 saturated carbocycles. The third-order valence-electron chi connectivity index (χ3n) is 4.00. The molecule has 27 heavy (non-hydrogen) atoms. The van der Waals surface area contributed by atoms with Crippen LogP contribution in [0.2, 0.25) is 10.0 Å². The third kappa shape index (κ3) is 3.25. The maximum absolute atomic E-state index is 14.3. The molecule has 2 heterocycles. The van der Waals surface area contributed by atoms with Gasteiger partial charge >= 0.3 is 0 Å². The molecule has 4 aromatic rings. The van der Waals surface area contributed by atoms with E-state index in [0.29, 0.717) is 22.3 Å². The van der Waals surface area contributed by atoms with Crippen LogP contribution in [0.4, 0.5) is 10.1 Å². The number of nitrogens with zero attached hydrogens (tertiary/aromatic N) is 2. The second-order valence-electron chi connectivity index (χ2n) is 5.70. The number of aromatic nitrogens is 3. The van der Waals surface area contributed by atoms with Crippen molar-refractivity contribution >= 4 is 45.7 Å². The minimum atomic E-state index is -0.553. The number of rotatable bonds is 3. The van der Waals surface area contributed by atoms with E-state index in [1.807, 2.05) is 0 Å². The fraction of sp³-hybridized carbons (Fsp3) is 0. The Hall–Kier alpha value is -2.96. The molecule has 2 aromatic heterocycles. The summed E-state index contributed by atoms with van der Waals surface area (Å²) in [6.07, 6.45) is 4.84. The standard InChI is InChI=1S/C19H11Cl2FN4O/c20-13-2-1-3-14(21)16(13)19(27)26-15-9-10(22)8-12-11(4-5-23-17(12)15)18-24-6-7-25-18/h1-9H,(H,24,25)(H,26,27). The highest BCUT2D eigenvalue weighted by Crippen LogP contribution is 2.32. The first kappa shape index (κ1) is 17.5. The molecule has 2 N–H and O–H groups in total. The zero-order valence-electron chi connectivity index (χ0n) is 13.6. The van der Waals surface area contributed by atoms with Crippen LogP contribution >= 0.6 is 23.2 Å². The monoisotopic (exact) mass is 400 g/mol. The van der Waals surface area contributed by atoms with Gasteiger partial charge in [-0.15, -0.1) is 0 Å². The highest BCUT2D eigenvalue weighted by molar-refractivity contribution is 6.40. The Morgan fingerprint density at radius 1 is 1.07 bits per heavy atom. The molecule has 0 unspecified atom stereocenters. The van der Waals surface area contributed by atoms with Crippen LogP contribution in [0, 0.1) is 5.82 Å². The first-order valence-corrected chi connectivity index (χ1v) is 8.63. The van der Waals surface area contributed by atoms with E-state index in [2.05, 4.69) is 20.3 Å². The molecule has 0 spiro atoms. The topological polar surface area (TPSA) is 70.7 Å². The largest absolute Gasteiger partial charge is 0.345 e. The van der Waals surface area contributed by atoms with Gasteiger partial charge in [0.05, 0.1) is 26.8 Å². The van der Waals surface area contributed by atoms with Gasteiger partial charge < -0.3 is 10.3 Å². The molecular formula is C19H11Cl2FN4O. The van der Waals surface area contributed by atoms with Crippen molar-refractivity contribution in [3.05, 3.63) is 76.4 Å². The van der Waals surface area contributed by atoms with E-state index in [1.165, 1.54) is 12.1 Å². The number of hydrogen-bond acceptors (Lipinski definition) is 3. The van der Waals surface area contributed by atoms with Gasteiger partial charge in [0.25, 0.3) is 5.91 Å². The Bertz CT molecular complexity index is 1140. The van der Waals surface area contributed by atoms with E-state index < -0.39 is 11.7 Å². The maximum atomic E-state index is 14.3. The van der Waals surface area contributed by atoms with Crippen LogP contribution in [0.5, 0.6) is 0 Å². The average molecular weight is 401 g/mol. The molecule has 0 saturated heterocycles. The summed E-state index contributed by atoms with van der Waals surface area (Å²) in [7, 11) is 0. The number of nitrogens with one attached hydrogen (secondary N) is 2. The lowest BCUT2D eigenvalue weighted by molar-refractivity contribution is 0.102. The van der Waals surface area contributed by atoms with Crippen molar-refractivity contribution in [2.24, 2.45) is 0 Å². The number of halogens is 3. The highest BCUT2D eigenvalue weighted by atomic mass is 35.5. The summed E-state index contributed by atoms with van der Waals surface area (Å²) in [5.74, 6) is -0.508. The fourth-order valence-electron chi connectivity index (χ4n) is 2.83. The Morgan fingerprint density at radius 2 is 1.85 bits per heavy atom. The molecule has 0 bridgehead atoms. The minimum absolute atomic E-state index is 0.112. The van der Waals surface area contributed by atoms with Crippen LogP contribution in [0.3, 0.4) is 0 Å². The van der Waals surface area contributed by atoms with Crippen molar-refractivity contribution < 1.29 is 9.18 Å². The number of fused-ring (bicyclic) bond motifs is 1. The summed E-state index contributed by atoms with van der Waals surface area (Å²) >= 11 is 12.2. The van der Waals surface area contributed by atoms with Crippen LogP contribution < -0.4 is 5.32 Å². The molecule has 0 fully saturated rings. The molecule has 0 radical (unpaired) electrons. The lowest BCUT2D eigenvalue weighted by Crippen LogP contribution is -2.14. The molecule has 134 valence electrons. The van der Waals surface area contributed by atoms with Gasteiger partial charge in [0.1, 0.15) is 11.6 Å². The average Bonchev–Trinajstić information content (AvgIpc) is 3.15. The van der Waals surface area contributed by atoms with Crippen LogP contribution in [-0.4, -0.2) is 20.9 Å². The predicted molar refractivity (Wildman–Crippen MR) is 104 cm³/mol. The number of pyridine rings is 1. The van der Waals surface area contributed by atoms with Crippen LogP contribution in [0.1, 0.15) is 10.4 Å². The quantitative estimate of drug-likeness (QED) is 0.488. The smallest absolute Gasteiger partial charge is 0.258 e. The fourth-order valence-corrected chi connectivity index (χ4v) is 3.40. The Morgan fingerprint density at radius 3 is 2.56 bits per heavy atom. The summed E-state index contributed by atoms with van der Waals surface area (Å²) in [6.45, 7) is 0. The van der Waals surface area contributed by atoms with Crippen LogP contribution in [0.15, 0.2) is 55.0 Å². The zero-order chi connectivity index (χ0) is 19.0. The van der Waals surface area contributed by atoms with Crippen molar-refractivity contribution in [1.82, 2.24) is 15.0 Å². The molecule has 8 heteroatoms. The maximum Gasteiger partial charge on any atom is 0.258 e. The normalized spacial score (nSPS) is 10.9. The second kappa shape index (κ2) is 6.98. The Kier molecular flexibility index (Phi) is 4.51. The molecule has 0 aliphatic carbocycles. The molecule has 2 aromatic carbocycles. The summed E-state index contributed by atoms with van der Waals surface area (Å²) in [4.78, 5) is 24.2. The van der Waals surface area contributed by atoms with Gasteiger partial charge in [0, 0.05) is 29.5 Å². The number of H-pyrrole nitrogens is 1. The third-order valence-corrected chi connectivity index (χ3v) is 4.63. The number of anilines is 1. The number of carbonyl (C=O) groups is 1. The van der Waals surface area contributed by atoms with Gasteiger partial charge in [-0.2, -0.15) is 0 Å². The van der Waals surface area contributed by atoms with Gasteiger partial charge in [0.2, 0.25) is 0 Å². The summed E-state index contributed by atoms with van der Waals surface area (Å²) in [6, 6.07) is 9.01. The van der Waals surface area contributed by atoms with Gasteiger partial charge in [-0.1, -0.05) is 29.3 Å². The van der Waals surface area contributed by atoms with Crippen molar-refractivity contribution in [1.29, 1.82) is 0 Å².